The van der Waals surface area contributed by atoms with Gasteiger partial charge in [-0.1, -0.05) is 32.0 Å². The zero-order valence-electron chi connectivity index (χ0n) is 9.37. The van der Waals surface area contributed by atoms with Crippen LogP contribution < -0.4 is 11.3 Å². The Labute approximate surface area is 93.8 Å². The number of nitrogens with one attached hydrogen (secondary N) is 2. The Morgan fingerprint density at radius 3 is 2.69 bits per heavy atom. The molecule has 0 saturated carbocycles. The number of nitrogens with two attached hydrogens (primary N) is 1. The number of aromatic nitrogens is 1. The summed E-state index contributed by atoms with van der Waals surface area (Å²) < 4.78 is 0. The Kier molecular flexibility index (Phi) is 2.66. The van der Waals surface area contributed by atoms with Gasteiger partial charge in [0, 0.05) is 10.9 Å². The predicted molar refractivity (Wildman–Crippen MR) is 64.0 cm³/mol. The van der Waals surface area contributed by atoms with E-state index in [4.69, 9.17) is 5.84 Å². The molecular formula is C12H15N3O. The van der Waals surface area contributed by atoms with E-state index < -0.39 is 0 Å². The maximum absolute atomic E-state index is 11.6. The number of fused-ring (bicyclic) bond motifs is 1. The molecule has 2 aromatic rings. The number of hydrazine groups is 1. The smallest absolute Gasteiger partial charge is 0.281 e. The van der Waals surface area contributed by atoms with Gasteiger partial charge < -0.3 is 4.98 Å². The van der Waals surface area contributed by atoms with E-state index in [0.717, 1.165) is 16.5 Å². The highest BCUT2D eigenvalue weighted by Crippen LogP contribution is 2.28. The highest BCUT2D eigenvalue weighted by molar-refractivity contribution is 6.01. The number of hydrogen-bond donors (Lipinski definition) is 3. The van der Waals surface area contributed by atoms with Crippen LogP contribution in [0.2, 0.25) is 0 Å². The molecule has 1 amide bonds. The molecule has 1 aromatic heterocycles. The topological polar surface area (TPSA) is 70.9 Å². The van der Waals surface area contributed by atoms with Crippen LogP contribution in [0.15, 0.2) is 24.3 Å². The highest BCUT2D eigenvalue weighted by Gasteiger charge is 2.18. The lowest BCUT2D eigenvalue weighted by atomic mass is 9.99. The van der Waals surface area contributed by atoms with Crippen molar-refractivity contribution in [2.24, 2.45) is 5.84 Å². The van der Waals surface area contributed by atoms with Gasteiger partial charge >= 0.3 is 0 Å². The molecule has 0 aliphatic carbocycles. The Morgan fingerprint density at radius 1 is 1.38 bits per heavy atom. The van der Waals surface area contributed by atoms with E-state index in [2.05, 4.69) is 24.3 Å². The van der Waals surface area contributed by atoms with Gasteiger partial charge in [-0.3, -0.25) is 10.2 Å². The second-order valence-electron chi connectivity index (χ2n) is 4.09. The molecule has 0 atom stereocenters. The first kappa shape index (κ1) is 10.7. The van der Waals surface area contributed by atoms with Gasteiger partial charge in [-0.05, 0) is 17.5 Å². The molecule has 4 N–H and O–H groups in total. The normalized spacial score (nSPS) is 11.0. The molecule has 1 heterocycles. The molecule has 0 aliphatic heterocycles. The molecule has 1 aromatic carbocycles. The van der Waals surface area contributed by atoms with Crippen molar-refractivity contribution < 1.29 is 4.79 Å². The second kappa shape index (κ2) is 3.98. The van der Waals surface area contributed by atoms with E-state index in [-0.39, 0.29) is 11.8 Å². The third kappa shape index (κ3) is 1.57. The highest BCUT2D eigenvalue weighted by atomic mass is 16.2. The summed E-state index contributed by atoms with van der Waals surface area (Å²) in [6.45, 7) is 4.12. The maximum atomic E-state index is 11.6. The Bertz CT molecular complexity index is 528. The van der Waals surface area contributed by atoms with Crippen LogP contribution in [0.3, 0.4) is 0 Å². The molecule has 16 heavy (non-hydrogen) atoms. The number of aromatic amines is 1. The molecule has 84 valence electrons. The van der Waals surface area contributed by atoms with Gasteiger partial charge in [-0.25, -0.2) is 5.84 Å². The van der Waals surface area contributed by atoms with Gasteiger partial charge in [0.05, 0.1) is 0 Å². The number of amides is 1. The summed E-state index contributed by atoms with van der Waals surface area (Å²) in [7, 11) is 0. The van der Waals surface area contributed by atoms with Crippen molar-refractivity contribution in [1.82, 2.24) is 10.4 Å². The van der Waals surface area contributed by atoms with Crippen LogP contribution in [0.25, 0.3) is 10.9 Å². The first-order valence-corrected chi connectivity index (χ1v) is 5.26. The van der Waals surface area contributed by atoms with E-state index >= 15 is 0 Å². The first-order chi connectivity index (χ1) is 7.65. The zero-order chi connectivity index (χ0) is 11.7. The number of benzene rings is 1. The second-order valence-corrected chi connectivity index (χ2v) is 4.09. The van der Waals surface area contributed by atoms with Gasteiger partial charge in [0.1, 0.15) is 5.69 Å². The van der Waals surface area contributed by atoms with Crippen LogP contribution in [0, 0.1) is 0 Å². The number of nitrogen functional groups attached to an aromatic ring is 1. The number of hydrogen-bond acceptors (Lipinski definition) is 2. The molecule has 0 radical (unpaired) electrons. The van der Waals surface area contributed by atoms with Crippen molar-refractivity contribution in [3.05, 3.63) is 35.5 Å². The van der Waals surface area contributed by atoms with Crippen LogP contribution >= 0.6 is 0 Å². The molecule has 4 nitrogen and oxygen atoms in total. The van der Waals surface area contributed by atoms with Crippen LogP contribution in [0.4, 0.5) is 0 Å². The fourth-order valence-corrected chi connectivity index (χ4v) is 2.01. The van der Waals surface area contributed by atoms with Gasteiger partial charge in [0.2, 0.25) is 0 Å². The predicted octanol–water partition coefficient (Wildman–Crippen LogP) is 1.89. The third-order valence-corrected chi connectivity index (χ3v) is 2.68. The monoisotopic (exact) mass is 217 g/mol. The maximum Gasteiger partial charge on any atom is 0.281 e. The van der Waals surface area contributed by atoms with E-state index in [1.165, 1.54) is 0 Å². The fraction of sp³-hybridized carbons (Fsp3) is 0.250. The van der Waals surface area contributed by atoms with Crippen molar-refractivity contribution >= 4 is 16.8 Å². The average Bonchev–Trinajstić information content (AvgIpc) is 2.67. The molecule has 2 rings (SSSR count). The van der Waals surface area contributed by atoms with Gasteiger partial charge in [0.25, 0.3) is 5.91 Å². The number of rotatable bonds is 2. The average molecular weight is 217 g/mol. The molecule has 0 unspecified atom stereocenters. The van der Waals surface area contributed by atoms with Gasteiger partial charge in [-0.15, -0.1) is 0 Å². The standard InChI is InChI=1S/C12H15N3O/c1-7(2)10-8-5-3-4-6-9(8)14-11(10)12(16)15-13/h3-7,14H,13H2,1-2H3,(H,15,16). The summed E-state index contributed by atoms with van der Waals surface area (Å²) in [5.74, 6) is 5.16. The summed E-state index contributed by atoms with van der Waals surface area (Å²) in [4.78, 5) is 14.7. The molecule has 0 bridgehead atoms. The quantitative estimate of drug-likeness (QED) is 0.408. The largest absolute Gasteiger partial charge is 0.350 e. The number of carbonyl (C=O) groups excluding carboxylic acids is 1. The molecule has 0 saturated heterocycles. The fourth-order valence-electron chi connectivity index (χ4n) is 2.01. The summed E-state index contributed by atoms with van der Waals surface area (Å²) in [5.41, 5.74) is 4.70. The van der Waals surface area contributed by atoms with E-state index in [1.807, 2.05) is 24.3 Å². The lowest BCUT2D eigenvalue weighted by molar-refractivity contribution is 0.0948. The molecule has 4 heteroatoms. The van der Waals surface area contributed by atoms with E-state index in [9.17, 15) is 4.79 Å². The Balaban J connectivity index is 2.73. The van der Waals surface area contributed by atoms with Crippen LogP contribution in [-0.4, -0.2) is 10.9 Å². The van der Waals surface area contributed by atoms with E-state index in [0.29, 0.717) is 5.69 Å². The lowest BCUT2D eigenvalue weighted by Gasteiger charge is -2.06. The summed E-state index contributed by atoms with van der Waals surface area (Å²) in [6, 6.07) is 7.86. The van der Waals surface area contributed by atoms with Crippen LogP contribution in [0.5, 0.6) is 0 Å². The van der Waals surface area contributed by atoms with E-state index in [1.54, 1.807) is 0 Å². The summed E-state index contributed by atoms with van der Waals surface area (Å²) in [5, 5.41) is 1.08. The number of H-pyrrole nitrogens is 1. The Morgan fingerprint density at radius 2 is 2.06 bits per heavy atom. The van der Waals surface area contributed by atoms with Crippen molar-refractivity contribution in [3.63, 3.8) is 0 Å². The van der Waals surface area contributed by atoms with Crippen molar-refractivity contribution in [2.45, 2.75) is 19.8 Å². The van der Waals surface area contributed by atoms with Crippen LogP contribution in [-0.2, 0) is 0 Å². The summed E-state index contributed by atoms with van der Waals surface area (Å²) >= 11 is 0. The van der Waals surface area contributed by atoms with Crippen molar-refractivity contribution in [3.8, 4) is 0 Å². The van der Waals surface area contributed by atoms with Gasteiger partial charge in [-0.2, -0.15) is 0 Å². The number of carbonyl (C=O) groups is 1. The zero-order valence-corrected chi connectivity index (χ0v) is 9.37. The summed E-state index contributed by atoms with van der Waals surface area (Å²) in [6.07, 6.45) is 0. The minimum Gasteiger partial charge on any atom is -0.350 e. The first-order valence-electron chi connectivity index (χ1n) is 5.26. The lowest BCUT2D eigenvalue weighted by Crippen LogP contribution is -2.31. The molecule has 0 aliphatic rings. The van der Waals surface area contributed by atoms with Crippen molar-refractivity contribution in [2.75, 3.05) is 0 Å². The van der Waals surface area contributed by atoms with Gasteiger partial charge in [0.15, 0.2) is 0 Å². The Hall–Kier alpha value is -1.81. The minimum absolute atomic E-state index is 0.267. The van der Waals surface area contributed by atoms with Crippen LogP contribution in [0.1, 0.15) is 35.8 Å². The molecule has 0 spiro atoms. The number of para-hydroxylation sites is 1. The SMILES string of the molecule is CC(C)c1c(C(=O)NN)[nH]c2ccccc12. The van der Waals surface area contributed by atoms with Crippen molar-refractivity contribution in [1.29, 1.82) is 0 Å². The minimum atomic E-state index is -0.278. The molecular weight excluding hydrogens is 202 g/mol. The molecule has 0 fully saturated rings. The third-order valence-electron chi connectivity index (χ3n) is 2.68.